The van der Waals surface area contributed by atoms with Crippen LogP contribution in [0.3, 0.4) is 0 Å². The fourth-order valence-electron chi connectivity index (χ4n) is 3.95. The summed E-state index contributed by atoms with van der Waals surface area (Å²) in [6, 6.07) is 29.2. The average Bonchev–Trinajstić information content (AvgIpc) is 3.43. The van der Waals surface area contributed by atoms with Crippen LogP contribution in [0, 0.1) is 0 Å². The molecule has 8 heteroatoms. The van der Waals surface area contributed by atoms with Gasteiger partial charge in [-0.25, -0.2) is 9.78 Å². The van der Waals surface area contributed by atoms with Crippen molar-refractivity contribution in [1.82, 2.24) is 14.8 Å². The fourth-order valence-corrected chi connectivity index (χ4v) is 4.73. The highest BCUT2D eigenvalue weighted by atomic mass is 32.1. The molecule has 0 aliphatic heterocycles. The second-order valence-electron chi connectivity index (χ2n) is 8.78. The molecule has 3 aromatic carbocycles. The molecule has 0 aliphatic carbocycles. The van der Waals surface area contributed by atoms with Gasteiger partial charge in [-0.1, -0.05) is 78.9 Å². The normalized spacial score (nSPS) is 10.7. The van der Waals surface area contributed by atoms with Crippen molar-refractivity contribution < 1.29 is 14.3 Å². The van der Waals surface area contributed by atoms with Crippen molar-refractivity contribution in [3.63, 3.8) is 0 Å². The Morgan fingerprint density at radius 2 is 1.45 bits per heavy atom. The summed E-state index contributed by atoms with van der Waals surface area (Å²) in [6.07, 6.45) is 0.751. The molecule has 7 nitrogen and oxygen atoms in total. The summed E-state index contributed by atoms with van der Waals surface area (Å²) in [4.78, 5) is 34.6. The van der Waals surface area contributed by atoms with E-state index in [1.807, 2.05) is 83.8 Å². The molecule has 0 unspecified atom stereocenters. The maximum atomic E-state index is 13.6. The predicted molar refractivity (Wildman–Crippen MR) is 151 cm³/mol. The maximum Gasteiger partial charge on any atom is 0.322 e. The summed E-state index contributed by atoms with van der Waals surface area (Å²) in [5.41, 5.74) is 3.34. The minimum Gasteiger partial charge on any atom is -0.383 e. The highest BCUT2D eigenvalue weighted by molar-refractivity contribution is 7.09. The Morgan fingerprint density at radius 3 is 2.11 bits per heavy atom. The Kier molecular flexibility index (Phi) is 10.0. The van der Waals surface area contributed by atoms with Crippen LogP contribution in [0.1, 0.15) is 26.6 Å². The Bertz CT molecular complexity index is 1280. The largest absolute Gasteiger partial charge is 0.383 e. The van der Waals surface area contributed by atoms with Crippen LogP contribution >= 0.6 is 11.3 Å². The van der Waals surface area contributed by atoms with Gasteiger partial charge in [0, 0.05) is 37.8 Å². The molecule has 0 spiro atoms. The summed E-state index contributed by atoms with van der Waals surface area (Å²) in [7, 11) is 1.60. The topological polar surface area (TPSA) is 74.8 Å². The number of benzene rings is 3. The lowest BCUT2D eigenvalue weighted by molar-refractivity contribution is 0.0739. The molecule has 0 aliphatic rings. The van der Waals surface area contributed by atoms with Gasteiger partial charge in [0.15, 0.2) is 0 Å². The first kappa shape index (κ1) is 27.0. The van der Waals surface area contributed by atoms with E-state index in [0.717, 1.165) is 12.0 Å². The Balaban J connectivity index is 1.46. The van der Waals surface area contributed by atoms with E-state index < -0.39 is 0 Å². The first-order chi connectivity index (χ1) is 18.6. The van der Waals surface area contributed by atoms with Gasteiger partial charge in [0.1, 0.15) is 10.7 Å². The van der Waals surface area contributed by atoms with Gasteiger partial charge in [-0.15, -0.1) is 11.3 Å². The number of ether oxygens (including phenoxy) is 1. The second kappa shape index (κ2) is 14.1. The molecule has 3 amide bonds. The van der Waals surface area contributed by atoms with Gasteiger partial charge in [0.2, 0.25) is 0 Å². The quantitative estimate of drug-likeness (QED) is 0.256. The average molecular weight is 529 g/mol. The number of methoxy groups -OCH3 is 1. The number of amides is 3. The number of carbonyl (C=O) groups is 2. The summed E-state index contributed by atoms with van der Waals surface area (Å²) < 4.78 is 5.21. The van der Waals surface area contributed by atoms with Crippen molar-refractivity contribution >= 4 is 29.0 Å². The van der Waals surface area contributed by atoms with E-state index in [1.165, 1.54) is 16.9 Å². The lowest BCUT2D eigenvalue weighted by Gasteiger charge is -2.23. The van der Waals surface area contributed by atoms with E-state index in [9.17, 15) is 9.59 Å². The molecule has 0 atom stereocenters. The van der Waals surface area contributed by atoms with E-state index in [0.29, 0.717) is 42.6 Å². The zero-order chi connectivity index (χ0) is 26.6. The van der Waals surface area contributed by atoms with Crippen molar-refractivity contribution in [2.45, 2.75) is 19.5 Å². The molecular weight excluding hydrogens is 496 g/mol. The van der Waals surface area contributed by atoms with Gasteiger partial charge in [0.25, 0.3) is 5.91 Å². The standard InChI is InChI=1S/C30H32N4O3S/c1-37-20-19-34(30(36)31-26-15-9-4-10-16-26)22-28-32-27(23-38-28)29(35)33(21-25-13-7-3-8-14-25)18-17-24-11-5-2-6-12-24/h2-16,23H,17-22H2,1H3,(H,31,36). The van der Waals surface area contributed by atoms with Crippen LogP contribution in [0.15, 0.2) is 96.4 Å². The van der Waals surface area contributed by atoms with Crippen LogP contribution < -0.4 is 5.32 Å². The number of thiazole rings is 1. The van der Waals surface area contributed by atoms with Crippen molar-refractivity contribution in [2.24, 2.45) is 0 Å². The molecule has 0 bridgehead atoms. The Labute approximate surface area is 227 Å². The lowest BCUT2D eigenvalue weighted by Crippen LogP contribution is -2.37. The smallest absolute Gasteiger partial charge is 0.322 e. The second-order valence-corrected chi connectivity index (χ2v) is 9.73. The number of hydrogen-bond acceptors (Lipinski definition) is 5. The molecule has 38 heavy (non-hydrogen) atoms. The maximum absolute atomic E-state index is 13.6. The van der Waals surface area contributed by atoms with E-state index in [-0.39, 0.29) is 18.5 Å². The van der Waals surface area contributed by atoms with Crippen LogP contribution in [0.4, 0.5) is 10.5 Å². The summed E-state index contributed by atoms with van der Waals surface area (Å²) in [5.74, 6) is -0.121. The van der Waals surface area contributed by atoms with Gasteiger partial charge >= 0.3 is 6.03 Å². The minimum atomic E-state index is -0.245. The van der Waals surface area contributed by atoms with Crippen LogP contribution in [0.25, 0.3) is 0 Å². The zero-order valence-corrected chi connectivity index (χ0v) is 22.3. The number of hydrogen-bond donors (Lipinski definition) is 1. The third kappa shape index (κ3) is 7.99. The molecule has 0 fully saturated rings. The third-order valence-electron chi connectivity index (χ3n) is 5.99. The summed E-state index contributed by atoms with van der Waals surface area (Å²) in [6.45, 7) is 2.14. The van der Waals surface area contributed by atoms with Crippen molar-refractivity contribution in [1.29, 1.82) is 0 Å². The van der Waals surface area contributed by atoms with Gasteiger partial charge in [-0.05, 0) is 29.7 Å². The number of rotatable bonds is 12. The number of para-hydroxylation sites is 1. The summed E-state index contributed by atoms with van der Waals surface area (Å²) in [5, 5.41) is 5.38. The predicted octanol–water partition coefficient (Wildman–Crippen LogP) is 5.71. The number of urea groups is 1. The SMILES string of the molecule is COCCN(Cc1nc(C(=O)N(CCc2ccccc2)Cc2ccccc2)cs1)C(=O)Nc1ccccc1. The number of carbonyl (C=O) groups excluding carboxylic acids is 2. The molecule has 4 aromatic rings. The van der Waals surface area contributed by atoms with E-state index in [1.54, 1.807) is 17.4 Å². The van der Waals surface area contributed by atoms with Gasteiger partial charge in [0.05, 0.1) is 13.2 Å². The minimum absolute atomic E-state index is 0.121. The summed E-state index contributed by atoms with van der Waals surface area (Å²) >= 11 is 1.38. The number of nitrogens with zero attached hydrogens (tertiary/aromatic N) is 3. The van der Waals surface area contributed by atoms with Crippen LogP contribution in [0.5, 0.6) is 0 Å². The molecule has 1 aromatic heterocycles. The molecule has 196 valence electrons. The van der Waals surface area contributed by atoms with E-state index in [2.05, 4.69) is 22.4 Å². The Hall–Kier alpha value is -4.01. The van der Waals surface area contributed by atoms with Crippen LogP contribution in [0.2, 0.25) is 0 Å². The molecule has 1 heterocycles. The molecule has 0 radical (unpaired) electrons. The first-order valence-electron chi connectivity index (χ1n) is 12.5. The van der Waals surface area contributed by atoms with Gasteiger partial charge < -0.3 is 19.9 Å². The van der Waals surface area contributed by atoms with E-state index >= 15 is 0 Å². The number of aromatic nitrogens is 1. The highest BCUT2D eigenvalue weighted by Gasteiger charge is 2.21. The van der Waals surface area contributed by atoms with Crippen LogP contribution in [-0.4, -0.2) is 53.5 Å². The zero-order valence-electron chi connectivity index (χ0n) is 21.5. The van der Waals surface area contributed by atoms with Crippen LogP contribution in [-0.2, 0) is 24.2 Å². The molecular formula is C30H32N4O3S. The van der Waals surface area contributed by atoms with Crippen molar-refractivity contribution in [3.8, 4) is 0 Å². The highest BCUT2D eigenvalue weighted by Crippen LogP contribution is 2.18. The number of nitrogens with one attached hydrogen (secondary N) is 1. The molecule has 0 saturated heterocycles. The van der Waals surface area contributed by atoms with Crippen molar-refractivity contribution in [3.05, 3.63) is 118 Å². The monoisotopic (exact) mass is 528 g/mol. The third-order valence-corrected chi connectivity index (χ3v) is 6.82. The molecule has 0 saturated carbocycles. The number of anilines is 1. The van der Waals surface area contributed by atoms with E-state index in [4.69, 9.17) is 4.74 Å². The molecule has 1 N–H and O–H groups in total. The fraction of sp³-hybridized carbons (Fsp3) is 0.233. The first-order valence-corrected chi connectivity index (χ1v) is 13.4. The van der Waals surface area contributed by atoms with Gasteiger partial charge in [-0.2, -0.15) is 0 Å². The van der Waals surface area contributed by atoms with Crippen molar-refractivity contribution in [2.75, 3.05) is 32.1 Å². The lowest BCUT2D eigenvalue weighted by atomic mass is 10.1. The van der Waals surface area contributed by atoms with Gasteiger partial charge in [-0.3, -0.25) is 4.79 Å². The Morgan fingerprint density at radius 1 is 0.816 bits per heavy atom. The molecule has 4 rings (SSSR count).